The van der Waals surface area contributed by atoms with Gasteiger partial charge in [0.1, 0.15) is 16.3 Å². The molecule has 0 saturated carbocycles. The Bertz CT molecular complexity index is 644. The van der Waals surface area contributed by atoms with E-state index in [9.17, 15) is 0 Å². The maximum Gasteiger partial charge on any atom is 0.142 e. The Morgan fingerprint density at radius 3 is 3.24 bits per heavy atom. The van der Waals surface area contributed by atoms with Crippen molar-refractivity contribution in [3.63, 3.8) is 0 Å². The lowest BCUT2D eigenvalue weighted by molar-refractivity contribution is 0.182. The number of imidazole rings is 1. The van der Waals surface area contributed by atoms with Crippen LogP contribution in [0.2, 0.25) is 0 Å². The lowest BCUT2D eigenvalue weighted by atomic mass is 10.4. The summed E-state index contributed by atoms with van der Waals surface area (Å²) in [5.41, 5.74) is 2.91. The van der Waals surface area contributed by atoms with Crippen molar-refractivity contribution in [3.05, 3.63) is 41.7 Å². The van der Waals surface area contributed by atoms with Crippen LogP contribution in [0, 0.1) is 0 Å². The Balaban J connectivity index is 2.07. The molecule has 17 heavy (non-hydrogen) atoms. The molecule has 5 heteroatoms. The summed E-state index contributed by atoms with van der Waals surface area (Å²) in [4.78, 5) is 8.87. The fourth-order valence-corrected chi connectivity index (χ4v) is 2.54. The topological polar surface area (TPSA) is 39.4 Å². The van der Waals surface area contributed by atoms with E-state index >= 15 is 0 Å². The summed E-state index contributed by atoms with van der Waals surface area (Å²) in [5, 5.41) is 2.98. The first-order valence-corrected chi connectivity index (χ1v) is 6.12. The van der Waals surface area contributed by atoms with Crippen molar-refractivity contribution in [2.45, 2.75) is 6.61 Å². The molecule has 3 aromatic rings. The van der Waals surface area contributed by atoms with Crippen molar-refractivity contribution in [2.75, 3.05) is 7.11 Å². The van der Waals surface area contributed by atoms with Gasteiger partial charge in [0.15, 0.2) is 0 Å². The Labute approximate surface area is 103 Å². The number of hydrogen-bond acceptors (Lipinski definition) is 4. The number of hydrogen-bond donors (Lipinski definition) is 0. The molecule has 0 saturated heterocycles. The van der Waals surface area contributed by atoms with Crippen LogP contribution in [0.3, 0.4) is 0 Å². The molecule has 3 heterocycles. The highest BCUT2D eigenvalue weighted by molar-refractivity contribution is 7.13. The monoisotopic (exact) mass is 245 g/mol. The minimum atomic E-state index is 0.549. The van der Waals surface area contributed by atoms with E-state index in [1.165, 1.54) is 0 Å². The van der Waals surface area contributed by atoms with Gasteiger partial charge < -0.3 is 4.74 Å². The summed E-state index contributed by atoms with van der Waals surface area (Å²) in [6.07, 6.45) is 3.85. The molecule has 0 radical (unpaired) electrons. The Kier molecular flexibility index (Phi) is 2.62. The lowest BCUT2D eigenvalue weighted by Gasteiger charge is -1.96. The van der Waals surface area contributed by atoms with Crippen LogP contribution < -0.4 is 0 Å². The van der Waals surface area contributed by atoms with Gasteiger partial charge in [-0.15, -0.1) is 11.3 Å². The Hall–Kier alpha value is -1.72. The van der Waals surface area contributed by atoms with E-state index in [-0.39, 0.29) is 0 Å². The van der Waals surface area contributed by atoms with Crippen molar-refractivity contribution in [1.82, 2.24) is 14.4 Å². The highest BCUT2D eigenvalue weighted by atomic mass is 32.1. The van der Waals surface area contributed by atoms with Gasteiger partial charge in [-0.2, -0.15) is 0 Å². The van der Waals surface area contributed by atoms with E-state index in [0.29, 0.717) is 6.61 Å². The molecule has 0 aliphatic heterocycles. The van der Waals surface area contributed by atoms with E-state index < -0.39 is 0 Å². The molecule has 3 aromatic heterocycles. The van der Waals surface area contributed by atoms with Crippen LogP contribution in [0.5, 0.6) is 0 Å². The first-order chi connectivity index (χ1) is 8.38. The largest absolute Gasteiger partial charge is 0.378 e. The fourth-order valence-electron chi connectivity index (χ4n) is 1.73. The highest BCUT2D eigenvalue weighted by Crippen LogP contribution is 2.24. The summed E-state index contributed by atoms with van der Waals surface area (Å²) in [6, 6.07) is 5.94. The van der Waals surface area contributed by atoms with Crippen molar-refractivity contribution in [2.24, 2.45) is 0 Å². The number of ether oxygens (including phenoxy) is 1. The van der Waals surface area contributed by atoms with E-state index in [2.05, 4.69) is 9.97 Å². The molecule has 0 spiro atoms. The summed E-state index contributed by atoms with van der Waals surface area (Å²) in [6.45, 7) is 0.549. The molecule has 0 amide bonds. The standard InChI is InChI=1S/C12H11N3OS/c1-16-7-9-8-17-12(14-9)10-6-13-11-4-2-3-5-15(10)11/h2-6,8H,7H2,1H3. The molecule has 4 nitrogen and oxygen atoms in total. The van der Waals surface area contributed by atoms with Crippen LogP contribution in [0.4, 0.5) is 0 Å². The average molecular weight is 245 g/mol. The maximum atomic E-state index is 5.07. The molecule has 0 fully saturated rings. The van der Waals surface area contributed by atoms with Crippen LogP contribution in [-0.2, 0) is 11.3 Å². The van der Waals surface area contributed by atoms with Crippen LogP contribution >= 0.6 is 11.3 Å². The second kappa shape index (κ2) is 4.27. The van der Waals surface area contributed by atoms with Crippen molar-refractivity contribution in [3.8, 4) is 10.7 Å². The number of methoxy groups -OCH3 is 1. The number of pyridine rings is 1. The molecule has 86 valence electrons. The van der Waals surface area contributed by atoms with Crippen molar-refractivity contribution < 1.29 is 4.74 Å². The van der Waals surface area contributed by atoms with Gasteiger partial charge in [-0.25, -0.2) is 9.97 Å². The maximum absolute atomic E-state index is 5.07. The van der Waals surface area contributed by atoms with Gasteiger partial charge in [-0.1, -0.05) is 6.07 Å². The zero-order valence-corrected chi connectivity index (χ0v) is 10.1. The summed E-state index contributed by atoms with van der Waals surface area (Å²) < 4.78 is 7.10. The third kappa shape index (κ3) is 1.83. The number of nitrogens with zero attached hydrogens (tertiary/aromatic N) is 3. The van der Waals surface area contributed by atoms with E-state index in [4.69, 9.17) is 4.74 Å². The van der Waals surface area contributed by atoms with E-state index in [1.807, 2.05) is 40.4 Å². The van der Waals surface area contributed by atoms with Crippen molar-refractivity contribution >= 4 is 17.0 Å². The first-order valence-electron chi connectivity index (χ1n) is 5.24. The Morgan fingerprint density at radius 2 is 2.35 bits per heavy atom. The predicted molar refractivity (Wildman–Crippen MR) is 67.0 cm³/mol. The molecule has 3 rings (SSSR count). The molecule has 0 atom stereocenters. The van der Waals surface area contributed by atoms with Gasteiger partial charge in [0.2, 0.25) is 0 Å². The molecule has 0 N–H and O–H groups in total. The SMILES string of the molecule is COCc1csc(-c2cnc3ccccn23)n1. The lowest BCUT2D eigenvalue weighted by Crippen LogP contribution is -1.89. The second-order valence-corrected chi connectivity index (χ2v) is 4.51. The number of thiazole rings is 1. The predicted octanol–water partition coefficient (Wildman–Crippen LogP) is 2.60. The number of fused-ring (bicyclic) bond motifs is 1. The average Bonchev–Trinajstić information content (AvgIpc) is 2.95. The molecule has 0 bridgehead atoms. The molecule has 0 aromatic carbocycles. The first kappa shape index (κ1) is 10.4. The van der Waals surface area contributed by atoms with Gasteiger partial charge in [0.05, 0.1) is 18.5 Å². The molecule has 0 unspecified atom stereocenters. The second-order valence-electron chi connectivity index (χ2n) is 3.65. The molecule has 0 aliphatic rings. The summed E-state index contributed by atoms with van der Waals surface area (Å²) in [7, 11) is 1.67. The number of rotatable bonds is 3. The molecular weight excluding hydrogens is 234 g/mol. The molecule has 0 aliphatic carbocycles. The quantitative estimate of drug-likeness (QED) is 0.712. The Morgan fingerprint density at radius 1 is 1.41 bits per heavy atom. The van der Waals surface area contributed by atoms with Gasteiger partial charge in [0, 0.05) is 18.7 Å². The normalized spacial score (nSPS) is 11.1. The summed E-state index contributed by atoms with van der Waals surface area (Å²) in [5.74, 6) is 0. The van der Waals surface area contributed by atoms with Crippen LogP contribution in [0.25, 0.3) is 16.3 Å². The van der Waals surface area contributed by atoms with Gasteiger partial charge >= 0.3 is 0 Å². The van der Waals surface area contributed by atoms with Gasteiger partial charge in [-0.3, -0.25) is 4.40 Å². The highest BCUT2D eigenvalue weighted by Gasteiger charge is 2.09. The van der Waals surface area contributed by atoms with Crippen molar-refractivity contribution in [1.29, 1.82) is 0 Å². The van der Waals surface area contributed by atoms with E-state index in [1.54, 1.807) is 18.4 Å². The van der Waals surface area contributed by atoms with Crippen LogP contribution in [-0.4, -0.2) is 21.5 Å². The zero-order chi connectivity index (χ0) is 11.7. The third-order valence-electron chi connectivity index (χ3n) is 2.48. The fraction of sp³-hybridized carbons (Fsp3) is 0.167. The van der Waals surface area contributed by atoms with Crippen LogP contribution in [0.1, 0.15) is 5.69 Å². The zero-order valence-electron chi connectivity index (χ0n) is 9.33. The molecular formula is C12H11N3OS. The van der Waals surface area contributed by atoms with E-state index in [0.717, 1.165) is 22.0 Å². The minimum Gasteiger partial charge on any atom is -0.378 e. The number of aromatic nitrogens is 3. The van der Waals surface area contributed by atoms with Gasteiger partial charge in [-0.05, 0) is 12.1 Å². The van der Waals surface area contributed by atoms with Crippen LogP contribution in [0.15, 0.2) is 36.0 Å². The summed E-state index contributed by atoms with van der Waals surface area (Å²) >= 11 is 1.61. The third-order valence-corrected chi connectivity index (χ3v) is 3.39. The smallest absolute Gasteiger partial charge is 0.142 e. The van der Waals surface area contributed by atoms with Gasteiger partial charge in [0.25, 0.3) is 0 Å². The minimum absolute atomic E-state index is 0.549.